The summed E-state index contributed by atoms with van der Waals surface area (Å²) in [5.41, 5.74) is 3.39. The van der Waals surface area contributed by atoms with E-state index in [0.29, 0.717) is 19.1 Å². The van der Waals surface area contributed by atoms with Crippen molar-refractivity contribution < 1.29 is 4.74 Å². The van der Waals surface area contributed by atoms with Crippen LogP contribution in [-0.2, 0) is 4.74 Å². The molecule has 0 radical (unpaired) electrons. The van der Waals surface area contributed by atoms with Gasteiger partial charge in [0.1, 0.15) is 5.82 Å². The summed E-state index contributed by atoms with van der Waals surface area (Å²) in [4.78, 5) is 10.3. The van der Waals surface area contributed by atoms with E-state index < -0.39 is 0 Å². The van der Waals surface area contributed by atoms with Crippen molar-refractivity contribution in [2.24, 2.45) is 5.84 Å². The van der Waals surface area contributed by atoms with Crippen LogP contribution in [0.25, 0.3) is 0 Å². The Morgan fingerprint density at radius 2 is 2.17 bits per heavy atom. The molecule has 7 nitrogen and oxygen atoms in total. The lowest BCUT2D eigenvalue weighted by Crippen LogP contribution is -2.20. The number of aromatic nitrogens is 2. The molecule has 0 saturated carbocycles. The third-order valence-corrected chi connectivity index (χ3v) is 2.32. The highest BCUT2D eigenvalue weighted by atomic mass is 16.5. The number of ether oxygens (including phenoxy) is 1. The standard InChI is InChI=1S/C11H22N6O/c1-9-8-14-11(16-12)15-10(9)13-4-6-18-7-5-17(2)3/h8H,4-7,12H2,1-3H3,(H2,13,14,15,16). The van der Waals surface area contributed by atoms with Gasteiger partial charge in [0.2, 0.25) is 5.95 Å². The van der Waals surface area contributed by atoms with E-state index in [1.807, 2.05) is 21.0 Å². The Morgan fingerprint density at radius 3 is 2.83 bits per heavy atom. The number of nitrogen functional groups attached to an aromatic ring is 1. The first-order valence-corrected chi connectivity index (χ1v) is 5.90. The average molecular weight is 254 g/mol. The first-order chi connectivity index (χ1) is 8.63. The summed E-state index contributed by atoms with van der Waals surface area (Å²) in [6.45, 7) is 4.94. The second-order valence-electron chi connectivity index (χ2n) is 4.21. The van der Waals surface area contributed by atoms with Gasteiger partial charge in [0.15, 0.2) is 0 Å². The molecule has 0 atom stereocenters. The van der Waals surface area contributed by atoms with Gasteiger partial charge in [0.05, 0.1) is 13.2 Å². The minimum Gasteiger partial charge on any atom is -0.378 e. The predicted octanol–water partition coefficient (Wildman–Crippen LogP) is 0.0607. The summed E-state index contributed by atoms with van der Waals surface area (Å²) in [6, 6.07) is 0. The van der Waals surface area contributed by atoms with Crippen LogP contribution in [-0.4, -0.2) is 55.3 Å². The van der Waals surface area contributed by atoms with E-state index >= 15 is 0 Å². The molecule has 1 rings (SSSR count). The maximum absolute atomic E-state index is 5.47. The van der Waals surface area contributed by atoms with Gasteiger partial charge in [0, 0.05) is 24.8 Å². The number of likely N-dealkylation sites (N-methyl/N-ethyl adjacent to an activating group) is 1. The lowest BCUT2D eigenvalue weighted by atomic mass is 10.3. The van der Waals surface area contributed by atoms with Gasteiger partial charge in [-0.25, -0.2) is 10.8 Å². The first-order valence-electron chi connectivity index (χ1n) is 5.90. The van der Waals surface area contributed by atoms with Crippen LogP contribution in [0, 0.1) is 6.92 Å². The van der Waals surface area contributed by atoms with Crippen LogP contribution < -0.4 is 16.6 Å². The molecule has 1 aromatic rings. The number of nitrogens with zero attached hydrogens (tertiary/aromatic N) is 3. The highest BCUT2D eigenvalue weighted by Crippen LogP contribution is 2.11. The Hall–Kier alpha value is -1.44. The van der Waals surface area contributed by atoms with Gasteiger partial charge >= 0.3 is 0 Å². The lowest BCUT2D eigenvalue weighted by Gasteiger charge is -2.11. The van der Waals surface area contributed by atoms with Crippen LogP contribution in [0.4, 0.5) is 11.8 Å². The topological polar surface area (TPSA) is 88.3 Å². The van der Waals surface area contributed by atoms with Gasteiger partial charge in [-0.3, -0.25) is 5.43 Å². The molecule has 0 amide bonds. The van der Waals surface area contributed by atoms with E-state index in [9.17, 15) is 0 Å². The zero-order chi connectivity index (χ0) is 13.4. The monoisotopic (exact) mass is 254 g/mol. The zero-order valence-corrected chi connectivity index (χ0v) is 11.2. The molecule has 0 aliphatic rings. The van der Waals surface area contributed by atoms with Crippen molar-refractivity contribution >= 4 is 11.8 Å². The third kappa shape index (κ3) is 5.26. The average Bonchev–Trinajstić information content (AvgIpc) is 2.35. The minimum atomic E-state index is 0.400. The Bertz CT molecular complexity index is 357. The maximum atomic E-state index is 5.47. The molecule has 0 bridgehead atoms. The quantitative estimate of drug-likeness (QED) is 0.343. The summed E-state index contributed by atoms with van der Waals surface area (Å²) in [7, 11) is 4.04. The number of nitrogens with one attached hydrogen (secondary N) is 2. The number of nitrogens with two attached hydrogens (primary N) is 1. The Morgan fingerprint density at radius 1 is 1.39 bits per heavy atom. The smallest absolute Gasteiger partial charge is 0.239 e. The van der Waals surface area contributed by atoms with Gasteiger partial charge in [-0.2, -0.15) is 4.98 Å². The van der Waals surface area contributed by atoms with Gasteiger partial charge in [-0.05, 0) is 21.0 Å². The zero-order valence-electron chi connectivity index (χ0n) is 11.2. The SMILES string of the molecule is Cc1cnc(NN)nc1NCCOCCN(C)C. The van der Waals surface area contributed by atoms with Crippen molar-refractivity contribution in [2.75, 3.05) is 51.1 Å². The molecular weight excluding hydrogens is 232 g/mol. The van der Waals surface area contributed by atoms with E-state index in [1.54, 1.807) is 6.20 Å². The van der Waals surface area contributed by atoms with Crippen molar-refractivity contribution in [3.8, 4) is 0 Å². The number of hydrazine groups is 1. The van der Waals surface area contributed by atoms with Crippen molar-refractivity contribution in [2.45, 2.75) is 6.92 Å². The van der Waals surface area contributed by atoms with Crippen LogP contribution in [0.15, 0.2) is 6.20 Å². The van der Waals surface area contributed by atoms with Crippen molar-refractivity contribution in [3.63, 3.8) is 0 Å². The van der Waals surface area contributed by atoms with E-state index in [4.69, 9.17) is 10.6 Å². The van der Waals surface area contributed by atoms with Crippen LogP contribution in [0.2, 0.25) is 0 Å². The first kappa shape index (κ1) is 14.6. The molecular formula is C11H22N6O. The molecule has 4 N–H and O–H groups in total. The molecule has 1 heterocycles. The van der Waals surface area contributed by atoms with E-state index in [0.717, 1.165) is 24.5 Å². The fourth-order valence-corrected chi connectivity index (χ4v) is 1.28. The molecule has 18 heavy (non-hydrogen) atoms. The van der Waals surface area contributed by atoms with Crippen LogP contribution in [0.5, 0.6) is 0 Å². The Balaban J connectivity index is 2.26. The van der Waals surface area contributed by atoms with Gasteiger partial charge in [-0.1, -0.05) is 0 Å². The second kappa shape index (κ2) is 7.80. The van der Waals surface area contributed by atoms with Crippen LogP contribution in [0.3, 0.4) is 0 Å². The number of hydrogen-bond acceptors (Lipinski definition) is 7. The molecule has 0 fully saturated rings. The molecule has 1 aromatic heterocycles. The van der Waals surface area contributed by atoms with Crippen molar-refractivity contribution in [1.82, 2.24) is 14.9 Å². The molecule has 0 aliphatic carbocycles. The fraction of sp³-hybridized carbons (Fsp3) is 0.636. The Kier molecular flexibility index (Phi) is 6.34. The number of anilines is 2. The number of aryl methyl sites for hydroxylation is 1. The van der Waals surface area contributed by atoms with Gasteiger partial charge in [-0.15, -0.1) is 0 Å². The predicted molar refractivity (Wildman–Crippen MR) is 72.4 cm³/mol. The lowest BCUT2D eigenvalue weighted by molar-refractivity contribution is 0.126. The normalized spacial score (nSPS) is 10.7. The maximum Gasteiger partial charge on any atom is 0.239 e. The molecule has 102 valence electrons. The number of rotatable bonds is 8. The highest BCUT2D eigenvalue weighted by Gasteiger charge is 2.02. The summed E-state index contributed by atoms with van der Waals surface area (Å²) in [5.74, 6) is 6.43. The minimum absolute atomic E-state index is 0.400. The van der Waals surface area contributed by atoms with Crippen molar-refractivity contribution in [1.29, 1.82) is 0 Å². The van der Waals surface area contributed by atoms with Crippen LogP contribution in [0.1, 0.15) is 5.56 Å². The molecule has 7 heteroatoms. The molecule has 0 spiro atoms. The van der Waals surface area contributed by atoms with E-state index in [-0.39, 0.29) is 0 Å². The van der Waals surface area contributed by atoms with Gasteiger partial charge < -0.3 is 15.0 Å². The summed E-state index contributed by atoms with van der Waals surface area (Å²) in [6.07, 6.45) is 1.72. The molecule has 0 aromatic carbocycles. The van der Waals surface area contributed by atoms with E-state index in [1.165, 1.54) is 0 Å². The second-order valence-corrected chi connectivity index (χ2v) is 4.21. The summed E-state index contributed by atoms with van der Waals surface area (Å²) >= 11 is 0. The number of hydrogen-bond donors (Lipinski definition) is 3. The largest absolute Gasteiger partial charge is 0.378 e. The van der Waals surface area contributed by atoms with Gasteiger partial charge in [0.25, 0.3) is 0 Å². The highest BCUT2D eigenvalue weighted by molar-refractivity contribution is 5.45. The summed E-state index contributed by atoms with van der Waals surface area (Å²) < 4.78 is 5.47. The Labute approximate surface area is 108 Å². The third-order valence-electron chi connectivity index (χ3n) is 2.32. The van der Waals surface area contributed by atoms with E-state index in [2.05, 4.69) is 25.6 Å². The van der Waals surface area contributed by atoms with Crippen molar-refractivity contribution in [3.05, 3.63) is 11.8 Å². The van der Waals surface area contributed by atoms with Crippen LogP contribution >= 0.6 is 0 Å². The molecule has 0 unspecified atom stereocenters. The molecule has 0 aliphatic heterocycles. The fourth-order valence-electron chi connectivity index (χ4n) is 1.28. The molecule has 0 saturated heterocycles. The summed E-state index contributed by atoms with van der Waals surface area (Å²) in [5, 5.41) is 3.19.